The lowest BCUT2D eigenvalue weighted by Gasteiger charge is -2.29. The molecule has 0 saturated carbocycles. The number of thiazole rings is 1. The Bertz CT molecular complexity index is 1060. The van der Waals surface area contributed by atoms with Gasteiger partial charge in [0.15, 0.2) is 5.13 Å². The zero-order chi connectivity index (χ0) is 21.1. The van der Waals surface area contributed by atoms with Crippen molar-refractivity contribution >= 4 is 60.1 Å². The first-order valence-corrected chi connectivity index (χ1v) is 11.6. The summed E-state index contributed by atoms with van der Waals surface area (Å²) < 4.78 is 12.8. The maximum Gasteiger partial charge on any atom is 0.263 e. The number of benzene rings is 2. The highest BCUT2D eigenvalue weighted by molar-refractivity contribution is 9.10. The van der Waals surface area contributed by atoms with Crippen LogP contribution < -0.4 is 9.64 Å². The number of aromatic nitrogens is 1. The van der Waals surface area contributed by atoms with Gasteiger partial charge in [-0.2, -0.15) is 0 Å². The largest absolute Gasteiger partial charge is 0.496 e. The van der Waals surface area contributed by atoms with E-state index in [4.69, 9.17) is 26.1 Å². The van der Waals surface area contributed by atoms with Crippen molar-refractivity contribution < 1.29 is 14.3 Å². The number of halogens is 2. The van der Waals surface area contributed by atoms with Crippen molar-refractivity contribution in [3.05, 3.63) is 51.5 Å². The predicted octanol–water partition coefficient (Wildman–Crippen LogP) is 4.70. The van der Waals surface area contributed by atoms with E-state index >= 15 is 0 Å². The summed E-state index contributed by atoms with van der Waals surface area (Å²) in [5.41, 5.74) is 1.29. The van der Waals surface area contributed by atoms with Gasteiger partial charge < -0.3 is 9.47 Å². The Kier molecular flexibility index (Phi) is 6.90. The molecule has 0 radical (unpaired) electrons. The molecule has 2 heterocycles. The normalized spacial score (nSPS) is 14.8. The van der Waals surface area contributed by atoms with E-state index in [-0.39, 0.29) is 5.91 Å². The fourth-order valence-electron chi connectivity index (χ4n) is 3.34. The summed E-state index contributed by atoms with van der Waals surface area (Å²) in [6, 6.07) is 11.0. The molecular weight excluding hydrogens is 490 g/mol. The van der Waals surface area contributed by atoms with E-state index in [1.807, 2.05) is 18.2 Å². The topological polar surface area (TPSA) is 54.9 Å². The molecule has 0 aliphatic carbocycles. The van der Waals surface area contributed by atoms with Crippen LogP contribution in [0, 0.1) is 0 Å². The molecule has 0 atom stereocenters. The van der Waals surface area contributed by atoms with Gasteiger partial charge in [-0.05, 0) is 36.4 Å². The van der Waals surface area contributed by atoms with Crippen molar-refractivity contribution in [2.45, 2.75) is 0 Å². The summed E-state index contributed by atoms with van der Waals surface area (Å²) >= 11 is 11.2. The van der Waals surface area contributed by atoms with Crippen LogP contribution in [0.5, 0.6) is 5.75 Å². The number of carbonyl (C=O) groups is 1. The number of methoxy groups -OCH3 is 1. The van der Waals surface area contributed by atoms with E-state index in [0.717, 1.165) is 34.3 Å². The van der Waals surface area contributed by atoms with Crippen LogP contribution in [0.1, 0.15) is 10.4 Å². The average molecular weight is 511 g/mol. The summed E-state index contributed by atoms with van der Waals surface area (Å²) in [6.07, 6.45) is 0. The molecule has 0 N–H and O–H groups in total. The van der Waals surface area contributed by atoms with E-state index in [0.29, 0.717) is 41.2 Å². The number of nitrogens with zero attached hydrogens (tertiary/aromatic N) is 3. The number of morpholine rings is 1. The lowest BCUT2D eigenvalue weighted by Crippen LogP contribution is -2.43. The van der Waals surface area contributed by atoms with Crippen LogP contribution in [0.4, 0.5) is 5.13 Å². The van der Waals surface area contributed by atoms with Gasteiger partial charge in [-0.1, -0.05) is 38.9 Å². The van der Waals surface area contributed by atoms with Crippen LogP contribution in [0.2, 0.25) is 5.02 Å². The van der Waals surface area contributed by atoms with Crippen molar-refractivity contribution in [3.63, 3.8) is 0 Å². The fourth-order valence-corrected chi connectivity index (χ4v) is 5.06. The first kappa shape index (κ1) is 21.5. The molecule has 0 spiro atoms. The Balaban J connectivity index is 1.68. The standard InChI is InChI=1S/C21H21BrClN3O3S/c1-28-18-5-3-15(23)13-16(18)20(27)26(7-6-25-8-10-29-11-9-25)21-24-17-4-2-14(22)12-19(17)30-21/h2-5,12-13H,6-11H2,1H3. The molecule has 158 valence electrons. The number of anilines is 1. The average Bonchev–Trinajstić information content (AvgIpc) is 3.17. The van der Waals surface area contributed by atoms with Crippen molar-refractivity contribution in [1.29, 1.82) is 0 Å². The lowest BCUT2D eigenvalue weighted by atomic mass is 10.1. The Labute approximate surface area is 192 Å². The molecule has 0 bridgehead atoms. The van der Waals surface area contributed by atoms with Crippen molar-refractivity contribution in [1.82, 2.24) is 9.88 Å². The highest BCUT2D eigenvalue weighted by atomic mass is 79.9. The minimum atomic E-state index is -0.180. The zero-order valence-electron chi connectivity index (χ0n) is 16.4. The van der Waals surface area contributed by atoms with Crippen LogP contribution in [0.3, 0.4) is 0 Å². The maximum atomic E-state index is 13.6. The van der Waals surface area contributed by atoms with Crippen molar-refractivity contribution in [2.75, 3.05) is 51.4 Å². The molecule has 1 fully saturated rings. The van der Waals surface area contributed by atoms with Gasteiger partial charge >= 0.3 is 0 Å². The van der Waals surface area contributed by atoms with Crippen LogP contribution in [-0.2, 0) is 4.74 Å². The number of hydrogen-bond donors (Lipinski definition) is 0. The van der Waals surface area contributed by atoms with E-state index in [2.05, 4.69) is 20.8 Å². The third-order valence-corrected chi connectivity index (χ3v) is 6.72. The molecule has 1 amide bonds. The predicted molar refractivity (Wildman–Crippen MR) is 124 cm³/mol. The zero-order valence-corrected chi connectivity index (χ0v) is 19.6. The molecule has 4 rings (SSSR count). The summed E-state index contributed by atoms with van der Waals surface area (Å²) in [5.74, 6) is 0.311. The minimum absolute atomic E-state index is 0.180. The Morgan fingerprint density at radius 3 is 2.87 bits per heavy atom. The van der Waals surface area contributed by atoms with Gasteiger partial charge in [0.05, 0.1) is 36.1 Å². The van der Waals surface area contributed by atoms with Gasteiger partial charge in [0.25, 0.3) is 5.91 Å². The maximum absolute atomic E-state index is 13.6. The van der Waals surface area contributed by atoms with Gasteiger partial charge in [-0.25, -0.2) is 4.98 Å². The third-order valence-electron chi connectivity index (χ3n) is 4.95. The van der Waals surface area contributed by atoms with Crippen LogP contribution in [0.25, 0.3) is 10.2 Å². The number of carbonyl (C=O) groups excluding carboxylic acids is 1. The van der Waals surface area contributed by atoms with Crippen LogP contribution >= 0.6 is 38.9 Å². The van der Waals surface area contributed by atoms with E-state index in [9.17, 15) is 4.79 Å². The van der Waals surface area contributed by atoms with Gasteiger partial charge in [0, 0.05) is 35.7 Å². The smallest absolute Gasteiger partial charge is 0.263 e. The SMILES string of the molecule is COc1ccc(Cl)cc1C(=O)N(CCN1CCOCC1)c1nc2ccc(Br)cc2s1. The molecule has 30 heavy (non-hydrogen) atoms. The summed E-state index contributed by atoms with van der Waals surface area (Å²) in [7, 11) is 1.55. The molecule has 3 aromatic rings. The quantitative estimate of drug-likeness (QED) is 0.481. The molecule has 1 aromatic heterocycles. The van der Waals surface area contributed by atoms with Gasteiger partial charge in [-0.3, -0.25) is 14.6 Å². The first-order chi connectivity index (χ1) is 14.5. The highest BCUT2D eigenvalue weighted by Gasteiger charge is 2.25. The Morgan fingerprint density at radius 2 is 2.10 bits per heavy atom. The second-order valence-corrected chi connectivity index (χ2v) is 9.23. The Morgan fingerprint density at radius 1 is 1.30 bits per heavy atom. The van der Waals surface area contributed by atoms with E-state index in [1.165, 1.54) is 11.3 Å². The van der Waals surface area contributed by atoms with Crippen molar-refractivity contribution in [2.24, 2.45) is 0 Å². The van der Waals surface area contributed by atoms with Crippen LogP contribution in [0.15, 0.2) is 40.9 Å². The summed E-state index contributed by atoms with van der Waals surface area (Å²) in [6.45, 7) is 4.38. The second-order valence-electron chi connectivity index (χ2n) is 6.86. The third kappa shape index (κ3) is 4.78. The lowest BCUT2D eigenvalue weighted by molar-refractivity contribution is 0.0391. The molecule has 6 nitrogen and oxygen atoms in total. The molecule has 9 heteroatoms. The number of amides is 1. The van der Waals surface area contributed by atoms with E-state index in [1.54, 1.807) is 30.2 Å². The van der Waals surface area contributed by atoms with Crippen molar-refractivity contribution in [3.8, 4) is 5.75 Å². The number of ether oxygens (including phenoxy) is 2. The molecule has 1 aliphatic rings. The summed E-state index contributed by atoms with van der Waals surface area (Å²) in [5, 5.41) is 1.14. The van der Waals surface area contributed by atoms with Gasteiger partial charge in [-0.15, -0.1) is 0 Å². The number of rotatable bonds is 6. The number of hydrogen-bond acceptors (Lipinski definition) is 6. The van der Waals surface area contributed by atoms with E-state index < -0.39 is 0 Å². The second kappa shape index (κ2) is 9.62. The molecule has 2 aromatic carbocycles. The minimum Gasteiger partial charge on any atom is -0.496 e. The number of fused-ring (bicyclic) bond motifs is 1. The van der Waals surface area contributed by atoms with Gasteiger partial charge in [0.1, 0.15) is 5.75 Å². The monoisotopic (exact) mass is 509 g/mol. The molecule has 0 unspecified atom stereocenters. The van der Waals surface area contributed by atoms with Crippen LogP contribution in [-0.4, -0.2) is 62.3 Å². The molecule has 1 aliphatic heterocycles. The first-order valence-electron chi connectivity index (χ1n) is 9.57. The summed E-state index contributed by atoms with van der Waals surface area (Å²) in [4.78, 5) is 22.3. The Hall–Kier alpha value is -1.71. The fraction of sp³-hybridized carbons (Fsp3) is 0.333. The highest BCUT2D eigenvalue weighted by Crippen LogP contribution is 2.33. The molecular formula is C21H21BrClN3O3S. The molecule has 1 saturated heterocycles. The van der Waals surface area contributed by atoms with Gasteiger partial charge in [0.2, 0.25) is 0 Å².